The van der Waals surface area contributed by atoms with Crippen LogP contribution in [0.2, 0.25) is 5.02 Å². The van der Waals surface area contributed by atoms with E-state index in [1.807, 2.05) is 10.9 Å². The van der Waals surface area contributed by atoms with E-state index in [4.69, 9.17) is 11.6 Å². The van der Waals surface area contributed by atoms with Crippen LogP contribution in [0.5, 0.6) is 0 Å². The molecule has 2 rings (SSSR count). The Morgan fingerprint density at radius 1 is 1.29 bits per heavy atom. The van der Waals surface area contributed by atoms with Gasteiger partial charge in [-0.2, -0.15) is 5.10 Å². The van der Waals surface area contributed by atoms with Gasteiger partial charge < -0.3 is 5.32 Å². The van der Waals surface area contributed by atoms with Crippen molar-refractivity contribution in [2.24, 2.45) is 0 Å². The molecule has 7 heteroatoms. The Morgan fingerprint density at radius 2 is 2.12 bits per heavy atom. The van der Waals surface area contributed by atoms with E-state index in [1.54, 1.807) is 17.1 Å². The number of hydrogen-bond donors (Lipinski definition) is 1. The minimum atomic E-state index is 0.649. The topological polar surface area (TPSA) is 60.6 Å². The summed E-state index contributed by atoms with van der Waals surface area (Å²) in [7, 11) is 0. The summed E-state index contributed by atoms with van der Waals surface area (Å²) in [6.45, 7) is 5.21. The van der Waals surface area contributed by atoms with E-state index in [0.717, 1.165) is 31.9 Å². The van der Waals surface area contributed by atoms with Crippen molar-refractivity contribution in [2.75, 3.05) is 6.54 Å². The molecule has 2 aromatic rings. The molecule has 0 aliphatic rings. The lowest BCUT2D eigenvalue weighted by molar-refractivity contribution is 0.490. The number of rotatable bonds is 6. The molecule has 0 spiro atoms. The van der Waals surface area contributed by atoms with Crippen molar-refractivity contribution in [1.29, 1.82) is 0 Å². The van der Waals surface area contributed by atoms with E-state index < -0.39 is 0 Å². The fourth-order valence-electron chi connectivity index (χ4n) is 1.45. The second-order valence-electron chi connectivity index (χ2n) is 3.67. The van der Waals surface area contributed by atoms with E-state index in [-0.39, 0.29) is 0 Å². The first-order valence-electron chi connectivity index (χ1n) is 5.55. The molecule has 0 aliphatic heterocycles. The molecule has 1 N–H and O–H groups in total. The van der Waals surface area contributed by atoms with E-state index >= 15 is 0 Å². The van der Waals surface area contributed by atoms with Crippen molar-refractivity contribution >= 4 is 11.6 Å². The Hall–Kier alpha value is -1.40. The highest BCUT2D eigenvalue weighted by molar-refractivity contribution is 6.30. The SMILES string of the molecule is CCNCc1cn(CCn2cc(Cl)cn2)nn1. The van der Waals surface area contributed by atoms with E-state index in [1.165, 1.54) is 0 Å². The quantitative estimate of drug-likeness (QED) is 0.834. The van der Waals surface area contributed by atoms with Crippen LogP contribution in [0.1, 0.15) is 12.6 Å². The summed E-state index contributed by atoms with van der Waals surface area (Å²) in [6.07, 6.45) is 5.35. The van der Waals surface area contributed by atoms with Crippen LogP contribution in [0.4, 0.5) is 0 Å². The Morgan fingerprint density at radius 3 is 2.82 bits per heavy atom. The third-order valence-corrected chi connectivity index (χ3v) is 2.50. The van der Waals surface area contributed by atoms with Gasteiger partial charge in [0.2, 0.25) is 0 Å². The molecular weight excluding hydrogens is 240 g/mol. The van der Waals surface area contributed by atoms with Gasteiger partial charge in [-0.3, -0.25) is 9.36 Å². The lowest BCUT2D eigenvalue weighted by atomic mass is 10.4. The molecule has 0 aliphatic carbocycles. The molecule has 17 heavy (non-hydrogen) atoms. The molecule has 0 aromatic carbocycles. The maximum absolute atomic E-state index is 5.78. The summed E-state index contributed by atoms with van der Waals surface area (Å²) in [5.74, 6) is 0. The molecule has 2 aromatic heterocycles. The molecule has 0 bridgehead atoms. The summed E-state index contributed by atoms with van der Waals surface area (Å²) in [5, 5.41) is 16.1. The number of nitrogens with zero attached hydrogens (tertiary/aromatic N) is 5. The Labute approximate surface area is 105 Å². The number of aryl methyl sites for hydroxylation is 2. The van der Waals surface area contributed by atoms with Crippen molar-refractivity contribution in [2.45, 2.75) is 26.6 Å². The molecule has 0 unspecified atom stereocenters. The van der Waals surface area contributed by atoms with Gasteiger partial charge in [-0.05, 0) is 6.54 Å². The van der Waals surface area contributed by atoms with Crippen LogP contribution in [0.15, 0.2) is 18.6 Å². The number of halogens is 1. The summed E-state index contributed by atoms with van der Waals surface area (Å²) < 4.78 is 3.59. The van der Waals surface area contributed by atoms with E-state index in [9.17, 15) is 0 Å². The Kier molecular flexibility index (Phi) is 4.11. The minimum absolute atomic E-state index is 0.649. The van der Waals surface area contributed by atoms with Crippen molar-refractivity contribution in [1.82, 2.24) is 30.1 Å². The first kappa shape index (κ1) is 12.1. The maximum Gasteiger partial charge on any atom is 0.0964 e. The predicted molar refractivity (Wildman–Crippen MR) is 64.6 cm³/mol. The second kappa shape index (κ2) is 5.79. The number of hydrogen-bond acceptors (Lipinski definition) is 4. The molecular formula is C10H15ClN6. The summed E-state index contributed by atoms with van der Waals surface area (Å²) >= 11 is 5.78. The van der Waals surface area contributed by atoms with Crippen molar-refractivity contribution in [3.05, 3.63) is 29.3 Å². The summed E-state index contributed by atoms with van der Waals surface area (Å²) in [6, 6.07) is 0. The molecule has 2 heterocycles. The first-order chi connectivity index (χ1) is 8.28. The molecule has 92 valence electrons. The highest BCUT2D eigenvalue weighted by Gasteiger charge is 2.01. The van der Waals surface area contributed by atoms with Gasteiger partial charge in [0.05, 0.1) is 30.0 Å². The van der Waals surface area contributed by atoms with Crippen molar-refractivity contribution in [3.8, 4) is 0 Å². The fourth-order valence-corrected chi connectivity index (χ4v) is 1.60. The summed E-state index contributed by atoms with van der Waals surface area (Å²) in [5.41, 5.74) is 0.949. The zero-order chi connectivity index (χ0) is 12.1. The fraction of sp³-hybridized carbons (Fsp3) is 0.500. The van der Waals surface area contributed by atoms with Crippen LogP contribution in [0, 0.1) is 0 Å². The molecule has 6 nitrogen and oxygen atoms in total. The molecule has 0 atom stereocenters. The zero-order valence-electron chi connectivity index (χ0n) is 9.67. The number of nitrogens with one attached hydrogen (secondary N) is 1. The number of aromatic nitrogens is 5. The van der Waals surface area contributed by atoms with Crippen molar-refractivity contribution in [3.63, 3.8) is 0 Å². The molecule has 0 radical (unpaired) electrons. The third kappa shape index (κ3) is 3.54. The normalized spacial score (nSPS) is 10.9. The van der Waals surface area contributed by atoms with Gasteiger partial charge in [-0.25, -0.2) is 0 Å². The van der Waals surface area contributed by atoms with Gasteiger partial charge in [-0.15, -0.1) is 5.10 Å². The largest absolute Gasteiger partial charge is 0.311 e. The van der Waals surface area contributed by atoms with Crippen LogP contribution < -0.4 is 5.32 Å². The van der Waals surface area contributed by atoms with Crippen LogP contribution >= 0.6 is 11.6 Å². The molecule has 0 amide bonds. The van der Waals surface area contributed by atoms with Gasteiger partial charge in [0.1, 0.15) is 0 Å². The average Bonchev–Trinajstić information content (AvgIpc) is 2.93. The first-order valence-corrected chi connectivity index (χ1v) is 5.93. The van der Waals surface area contributed by atoms with E-state index in [0.29, 0.717) is 5.02 Å². The monoisotopic (exact) mass is 254 g/mol. The van der Waals surface area contributed by atoms with Crippen molar-refractivity contribution < 1.29 is 0 Å². The maximum atomic E-state index is 5.78. The van der Waals surface area contributed by atoms with Gasteiger partial charge in [0, 0.05) is 18.9 Å². The summed E-state index contributed by atoms with van der Waals surface area (Å²) in [4.78, 5) is 0. The highest BCUT2D eigenvalue weighted by Crippen LogP contribution is 2.04. The van der Waals surface area contributed by atoms with Crippen LogP contribution in [-0.2, 0) is 19.6 Å². The van der Waals surface area contributed by atoms with Crippen LogP contribution in [0.25, 0.3) is 0 Å². The Bertz CT molecular complexity index is 463. The van der Waals surface area contributed by atoms with Crippen LogP contribution in [0.3, 0.4) is 0 Å². The van der Waals surface area contributed by atoms with Gasteiger partial charge in [-0.1, -0.05) is 23.7 Å². The lowest BCUT2D eigenvalue weighted by Gasteiger charge is -2.00. The minimum Gasteiger partial charge on any atom is -0.311 e. The smallest absolute Gasteiger partial charge is 0.0964 e. The molecule has 0 fully saturated rings. The van der Waals surface area contributed by atoms with Gasteiger partial charge in [0.25, 0.3) is 0 Å². The van der Waals surface area contributed by atoms with Gasteiger partial charge >= 0.3 is 0 Å². The predicted octanol–water partition coefficient (Wildman–Crippen LogP) is 0.938. The Balaban J connectivity index is 1.84. The molecule has 0 saturated carbocycles. The average molecular weight is 255 g/mol. The van der Waals surface area contributed by atoms with Gasteiger partial charge in [0.15, 0.2) is 0 Å². The lowest BCUT2D eigenvalue weighted by Crippen LogP contribution is -2.12. The molecule has 0 saturated heterocycles. The highest BCUT2D eigenvalue weighted by atomic mass is 35.5. The standard InChI is InChI=1S/C10H15ClN6/c1-2-12-6-10-8-17(15-14-10)4-3-16-7-9(11)5-13-16/h5,7-8,12H,2-4,6H2,1H3. The van der Waals surface area contributed by atoms with E-state index in [2.05, 4.69) is 27.7 Å². The second-order valence-corrected chi connectivity index (χ2v) is 4.11. The third-order valence-electron chi connectivity index (χ3n) is 2.30. The zero-order valence-corrected chi connectivity index (χ0v) is 10.4. The van der Waals surface area contributed by atoms with Crippen LogP contribution in [-0.4, -0.2) is 31.3 Å².